The lowest BCUT2D eigenvalue weighted by molar-refractivity contribution is -0.0594. The third-order valence-corrected chi connectivity index (χ3v) is 2.00. The largest absolute Gasteiger partial charge is 0.376 e. The van der Waals surface area contributed by atoms with Gasteiger partial charge in [0.2, 0.25) is 0 Å². The molecule has 0 aromatic carbocycles. The average molecular weight is 181 g/mol. The molecular formula is C8H11N3O2. The van der Waals surface area contributed by atoms with E-state index < -0.39 is 0 Å². The fourth-order valence-corrected chi connectivity index (χ4v) is 1.20. The van der Waals surface area contributed by atoms with Gasteiger partial charge in [-0.1, -0.05) is 0 Å². The van der Waals surface area contributed by atoms with Crippen LogP contribution in [0.5, 0.6) is 0 Å². The van der Waals surface area contributed by atoms with Crippen LogP contribution in [0.15, 0.2) is 12.3 Å². The normalized spacial score (nSPS) is 19.2. The number of rotatable bonds is 2. The molecule has 0 saturated carbocycles. The second-order valence-electron chi connectivity index (χ2n) is 3.48. The van der Waals surface area contributed by atoms with Crippen molar-refractivity contribution in [3.05, 3.63) is 18.0 Å². The summed E-state index contributed by atoms with van der Waals surface area (Å²) in [6, 6.07) is 1.64. The summed E-state index contributed by atoms with van der Waals surface area (Å²) in [4.78, 5) is 11.5. The van der Waals surface area contributed by atoms with Crippen LogP contribution in [0, 0.1) is 0 Å². The van der Waals surface area contributed by atoms with Gasteiger partial charge in [-0.2, -0.15) is 5.10 Å². The molecule has 1 aromatic heterocycles. The summed E-state index contributed by atoms with van der Waals surface area (Å²) in [6.07, 6.45) is 1.55. The van der Waals surface area contributed by atoms with E-state index in [4.69, 9.17) is 4.74 Å². The van der Waals surface area contributed by atoms with Crippen LogP contribution < -0.4 is 5.32 Å². The average Bonchev–Trinajstić information content (AvgIpc) is 2.53. The Balaban J connectivity index is 1.99. The second kappa shape index (κ2) is 2.85. The maximum absolute atomic E-state index is 11.5. The predicted molar refractivity (Wildman–Crippen MR) is 45.3 cm³/mol. The number of hydrogen-bond acceptors (Lipinski definition) is 3. The molecule has 1 aromatic rings. The zero-order chi connectivity index (χ0) is 9.31. The Bertz CT molecular complexity index is 303. The Morgan fingerprint density at radius 1 is 1.77 bits per heavy atom. The minimum absolute atomic E-state index is 0.136. The monoisotopic (exact) mass is 181 g/mol. The van der Waals surface area contributed by atoms with E-state index in [1.54, 1.807) is 12.3 Å². The molecule has 5 heteroatoms. The molecule has 1 aliphatic heterocycles. The molecule has 5 nitrogen and oxygen atoms in total. The van der Waals surface area contributed by atoms with Crippen molar-refractivity contribution in [1.82, 2.24) is 15.5 Å². The topological polar surface area (TPSA) is 67.0 Å². The summed E-state index contributed by atoms with van der Waals surface area (Å²) in [5, 5.41) is 9.16. The molecule has 2 heterocycles. The maximum Gasteiger partial charge on any atom is 0.269 e. The first-order valence-electron chi connectivity index (χ1n) is 4.09. The minimum atomic E-state index is -0.206. The molecule has 0 unspecified atom stereocenters. The van der Waals surface area contributed by atoms with E-state index in [0.717, 1.165) is 0 Å². The minimum Gasteiger partial charge on any atom is -0.376 e. The van der Waals surface area contributed by atoms with Gasteiger partial charge in [0, 0.05) is 6.20 Å². The van der Waals surface area contributed by atoms with Crippen LogP contribution >= 0.6 is 0 Å². The van der Waals surface area contributed by atoms with E-state index in [1.807, 2.05) is 6.92 Å². The Morgan fingerprint density at radius 2 is 2.54 bits per heavy atom. The molecule has 0 aliphatic carbocycles. The number of aromatic amines is 1. The van der Waals surface area contributed by atoms with Gasteiger partial charge in [-0.25, -0.2) is 0 Å². The third-order valence-electron chi connectivity index (χ3n) is 2.00. The summed E-state index contributed by atoms with van der Waals surface area (Å²) in [5.41, 5.74) is 0.274. The van der Waals surface area contributed by atoms with E-state index in [1.165, 1.54) is 0 Å². The zero-order valence-corrected chi connectivity index (χ0v) is 7.33. The lowest BCUT2D eigenvalue weighted by Crippen LogP contribution is -2.59. The van der Waals surface area contributed by atoms with Crippen LogP contribution in [0.2, 0.25) is 0 Å². The SMILES string of the molecule is CC1(NC(=O)c2ccn[nH]2)COC1. The van der Waals surface area contributed by atoms with Crippen LogP contribution in [0.25, 0.3) is 0 Å². The number of carbonyl (C=O) groups is 1. The number of H-pyrrole nitrogens is 1. The lowest BCUT2D eigenvalue weighted by Gasteiger charge is -2.38. The van der Waals surface area contributed by atoms with Gasteiger partial charge in [-0.3, -0.25) is 9.89 Å². The quantitative estimate of drug-likeness (QED) is 0.671. The van der Waals surface area contributed by atoms with Crippen LogP contribution in [-0.4, -0.2) is 34.9 Å². The van der Waals surface area contributed by atoms with E-state index >= 15 is 0 Å². The molecule has 2 rings (SSSR count). The fraction of sp³-hybridized carbons (Fsp3) is 0.500. The molecule has 70 valence electrons. The van der Waals surface area contributed by atoms with Gasteiger partial charge in [-0.15, -0.1) is 0 Å². The number of carbonyl (C=O) groups excluding carboxylic acids is 1. The van der Waals surface area contributed by atoms with Crippen LogP contribution in [0.1, 0.15) is 17.4 Å². The zero-order valence-electron chi connectivity index (χ0n) is 7.33. The molecule has 1 fully saturated rings. The first kappa shape index (κ1) is 8.25. The summed E-state index contributed by atoms with van der Waals surface area (Å²) in [7, 11) is 0. The molecule has 1 saturated heterocycles. The van der Waals surface area contributed by atoms with Crippen molar-refractivity contribution in [2.24, 2.45) is 0 Å². The molecule has 0 atom stereocenters. The van der Waals surface area contributed by atoms with E-state index in [0.29, 0.717) is 18.9 Å². The third kappa shape index (κ3) is 1.55. The molecular weight excluding hydrogens is 170 g/mol. The fourth-order valence-electron chi connectivity index (χ4n) is 1.20. The number of nitrogens with one attached hydrogen (secondary N) is 2. The van der Waals surface area contributed by atoms with Crippen LogP contribution in [-0.2, 0) is 4.74 Å². The van der Waals surface area contributed by atoms with Gasteiger partial charge < -0.3 is 10.1 Å². The maximum atomic E-state index is 11.5. The van der Waals surface area contributed by atoms with Crippen molar-refractivity contribution < 1.29 is 9.53 Å². The van der Waals surface area contributed by atoms with Crippen LogP contribution in [0.4, 0.5) is 0 Å². The van der Waals surface area contributed by atoms with Crippen molar-refractivity contribution >= 4 is 5.91 Å². The molecule has 2 N–H and O–H groups in total. The number of amides is 1. The molecule has 13 heavy (non-hydrogen) atoms. The van der Waals surface area contributed by atoms with Gasteiger partial charge in [0.25, 0.3) is 5.91 Å². The predicted octanol–water partition coefficient (Wildman–Crippen LogP) is -0.0716. The standard InChI is InChI=1S/C8H11N3O2/c1-8(4-13-5-8)10-7(12)6-2-3-9-11-6/h2-3H,4-5H2,1H3,(H,9,11)(H,10,12). The highest BCUT2D eigenvalue weighted by Gasteiger charge is 2.35. The highest BCUT2D eigenvalue weighted by Crippen LogP contribution is 2.15. The van der Waals surface area contributed by atoms with Gasteiger partial charge in [-0.05, 0) is 13.0 Å². The molecule has 1 amide bonds. The molecule has 0 spiro atoms. The van der Waals surface area contributed by atoms with Crippen molar-refractivity contribution in [1.29, 1.82) is 0 Å². The number of ether oxygens (including phenoxy) is 1. The van der Waals surface area contributed by atoms with E-state index in [2.05, 4.69) is 15.5 Å². The Labute approximate surface area is 75.5 Å². The summed E-state index contributed by atoms with van der Waals surface area (Å²) in [5.74, 6) is -0.136. The highest BCUT2D eigenvalue weighted by molar-refractivity contribution is 5.92. The van der Waals surface area contributed by atoms with Gasteiger partial charge in [0.05, 0.1) is 18.8 Å². The van der Waals surface area contributed by atoms with Crippen LogP contribution in [0.3, 0.4) is 0 Å². The van der Waals surface area contributed by atoms with Crippen molar-refractivity contribution in [2.75, 3.05) is 13.2 Å². The van der Waals surface area contributed by atoms with Crippen molar-refractivity contribution in [3.63, 3.8) is 0 Å². The highest BCUT2D eigenvalue weighted by atomic mass is 16.5. The second-order valence-corrected chi connectivity index (χ2v) is 3.48. The Kier molecular flexibility index (Phi) is 1.81. The number of aromatic nitrogens is 2. The molecule has 0 bridgehead atoms. The number of hydrogen-bond donors (Lipinski definition) is 2. The smallest absolute Gasteiger partial charge is 0.269 e. The summed E-state index contributed by atoms with van der Waals surface area (Å²) < 4.78 is 5.02. The van der Waals surface area contributed by atoms with Crippen molar-refractivity contribution in [2.45, 2.75) is 12.5 Å². The van der Waals surface area contributed by atoms with E-state index in [-0.39, 0.29) is 11.4 Å². The molecule has 1 aliphatic rings. The Morgan fingerprint density at radius 3 is 3.00 bits per heavy atom. The Hall–Kier alpha value is -1.36. The molecule has 0 radical (unpaired) electrons. The lowest BCUT2D eigenvalue weighted by atomic mass is 10.0. The van der Waals surface area contributed by atoms with Gasteiger partial charge >= 0.3 is 0 Å². The number of nitrogens with zero attached hydrogens (tertiary/aromatic N) is 1. The van der Waals surface area contributed by atoms with Gasteiger partial charge in [0.15, 0.2) is 0 Å². The summed E-state index contributed by atoms with van der Waals surface area (Å²) >= 11 is 0. The first-order chi connectivity index (χ1) is 6.20. The van der Waals surface area contributed by atoms with E-state index in [9.17, 15) is 4.79 Å². The van der Waals surface area contributed by atoms with Crippen molar-refractivity contribution in [3.8, 4) is 0 Å². The first-order valence-corrected chi connectivity index (χ1v) is 4.09. The van der Waals surface area contributed by atoms with Gasteiger partial charge in [0.1, 0.15) is 5.69 Å². The summed E-state index contributed by atoms with van der Waals surface area (Å²) in [6.45, 7) is 3.10.